The SMILES string of the molecule is O=C(O)Cc1cc(-c2ccc(Cl)c(Cl)c2)c2cccoc1-2. The van der Waals surface area contributed by atoms with Crippen LogP contribution in [0.25, 0.3) is 22.5 Å². The molecule has 1 aliphatic carbocycles. The summed E-state index contributed by atoms with van der Waals surface area (Å²) in [4.78, 5) is 11.0. The molecule has 0 amide bonds. The second-order valence-electron chi connectivity index (χ2n) is 4.64. The highest BCUT2D eigenvalue weighted by atomic mass is 35.5. The first-order valence-corrected chi connectivity index (χ1v) is 6.98. The smallest absolute Gasteiger partial charge is 0.307 e. The fourth-order valence-electron chi connectivity index (χ4n) is 2.36. The third-order valence-electron chi connectivity index (χ3n) is 3.24. The molecule has 0 radical (unpaired) electrons. The van der Waals surface area contributed by atoms with Crippen molar-refractivity contribution in [3.8, 4) is 22.5 Å². The van der Waals surface area contributed by atoms with E-state index in [1.54, 1.807) is 18.2 Å². The van der Waals surface area contributed by atoms with Crippen LogP contribution in [-0.2, 0) is 11.2 Å². The van der Waals surface area contributed by atoms with E-state index in [4.69, 9.17) is 32.7 Å². The van der Waals surface area contributed by atoms with Gasteiger partial charge in [0.05, 0.1) is 22.7 Å². The molecule has 1 aromatic rings. The first-order valence-electron chi connectivity index (χ1n) is 6.22. The lowest BCUT2D eigenvalue weighted by atomic mass is 10.0. The third kappa shape index (κ3) is 2.62. The van der Waals surface area contributed by atoms with Crippen molar-refractivity contribution in [2.24, 2.45) is 0 Å². The molecule has 0 spiro atoms. The van der Waals surface area contributed by atoms with E-state index in [1.807, 2.05) is 18.2 Å². The van der Waals surface area contributed by atoms with Crippen molar-refractivity contribution in [2.75, 3.05) is 0 Å². The van der Waals surface area contributed by atoms with Gasteiger partial charge in [-0.3, -0.25) is 4.79 Å². The van der Waals surface area contributed by atoms with Crippen LogP contribution in [0.3, 0.4) is 0 Å². The Labute approximate surface area is 131 Å². The van der Waals surface area contributed by atoms with Crippen LogP contribution in [0.5, 0.6) is 0 Å². The van der Waals surface area contributed by atoms with E-state index in [2.05, 4.69) is 0 Å². The Morgan fingerprint density at radius 3 is 2.62 bits per heavy atom. The molecule has 1 heterocycles. The quantitative estimate of drug-likeness (QED) is 0.740. The van der Waals surface area contributed by atoms with Crippen molar-refractivity contribution in [3.63, 3.8) is 0 Å². The van der Waals surface area contributed by atoms with E-state index in [-0.39, 0.29) is 6.42 Å². The minimum absolute atomic E-state index is 0.0919. The van der Waals surface area contributed by atoms with Crippen molar-refractivity contribution in [3.05, 3.63) is 58.3 Å². The molecule has 3 rings (SSSR count). The van der Waals surface area contributed by atoms with E-state index in [1.165, 1.54) is 6.26 Å². The molecule has 3 nitrogen and oxygen atoms in total. The van der Waals surface area contributed by atoms with Crippen molar-refractivity contribution in [1.29, 1.82) is 0 Å². The van der Waals surface area contributed by atoms with E-state index < -0.39 is 5.97 Å². The van der Waals surface area contributed by atoms with Crippen molar-refractivity contribution in [1.82, 2.24) is 0 Å². The first-order chi connectivity index (χ1) is 10.1. The highest BCUT2D eigenvalue weighted by Gasteiger charge is 2.20. The molecule has 0 saturated heterocycles. The Morgan fingerprint density at radius 1 is 1.10 bits per heavy atom. The Morgan fingerprint density at radius 2 is 1.90 bits per heavy atom. The number of hydrogen-bond donors (Lipinski definition) is 1. The Balaban J connectivity index is 2.18. The molecule has 2 aliphatic rings. The van der Waals surface area contributed by atoms with E-state index >= 15 is 0 Å². The highest BCUT2D eigenvalue weighted by Crippen LogP contribution is 2.40. The van der Waals surface area contributed by atoms with Gasteiger partial charge < -0.3 is 9.52 Å². The van der Waals surface area contributed by atoms with Gasteiger partial charge in [0.1, 0.15) is 5.76 Å². The molecule has 1 aliphatic heterocycles. The molecule has 0 saturated carbocycles. The zero-order valence-electron chi connectivity index (χ0n) is 10.8. The minimum atomic E-state index is -0.901. The van der Waals surface area contributed by atoms with Gasteiger partial charge in [0, 0.05) is 11.1 Å². The predicted molar refractivity (Wildman–Crippen MR) is 82.1 cm³/mol. The molecule has 1 N–H and O–H groups in total. The van der Waals surface area contributed by atoms with Crippen molar-refractivity contribution < 1.29 is 14.3 Å². The van der Waals surface area contributed by atoms with E-state index in [0.29, 0.717) is 21.4 Å². The maximum absolute atomic E-state index is 11.0. The summed E-state index contributed by atoms with van der Waals surface area (Å²) in [6.45, 7) is 0. The number of carbonyl (C=O) groups is 1. The first kappa shape index (κ1) is 14.0. The molecule has 0 bridgehead atoms. The largest absolute Gasteiger partial charge is 0.481 e. The van der Waals surface area contributed by atoms with Gasteiger partial charge in [-0.1, -0.05) is 29.3 Å². The van der Waals surface area contributed by atoms with Crippen LogP contribution in [0.4, 0.5) is 0 Å². The lowest BCUT2D eigenvalue weighted by Crippen LogP contribution is -1.99. The fourth-order valence-corrected chi connectivity index (χ4v) is 2.66. The second-order valence-corrected chi connectivity index (χ2v) is 5.45. The van der Waals surface area contributed by atoms with Gasteiger partial charge in [-0.25, -0.2) is 0 Å². The second kappa shape index (κ2) is 5.43. The monoisotopic (exact) mass is 320 g/mol. The zero-order chi connectivity index (χ0) is 15.0. The normalized spacial score (nSPS) is 11.0. The van der Waals surface area contributed by atoms with Crippen molar-refractivity contribution in [2.45, 2.75) is 6.42 Å². The molecular weight excluding hydrogens is 311 g/mol. The van der Waals surface area contributed by atoms with Crippen LogP contribution < -0.4 is 0 Å². The number of rotatable bonds is 3. The van der Waals surface area contributed by atoms with Gasteiger partial charge >= 0.3 is 5.97 Å². The lowest BCUT2D eigenvalue weighted by molar-refractivity contribution is -0.136. The predicted octanol–water partition coefficient (Wildman–Crippen LogP) is 4.99. The highest BCUT2D eigenvalue weighted by molar-refractivity contribution is 6.42. The molecule has 1 aromatic carbocycles. The molecule has 0 atom stereocenters. The zero-order valence-corrected chi connectivity index (χ0v) is 12.3. The summed E-state index contributed by atoms with van der Waals surface area (Å²) in [6.07, 6.45) is 1.44. The number of fused-ring (bicyclic) bond motifs is 1. The summed E-state index contributed by atoms with van der Waals surface area (Å²) in [5.74, 6) is -0.317. The number of hydrogen-bond acceptors (Lipinski definition) is 2. The molecule has 0 unspecified atom stereocenters. The Kier molecular flexibility index (Phi) is 3.62. The van der Waals surface area contributed by atoms with Gasteiger partial charge in [0.2, 0.25) is 0 Å². The maximum Gasteiger partial charge on any atom is 0.307 e. The molecule has 5 heteroatoms. The summed E-state index contributed by atoms with van der Waals surface area (Å²) in [7, 11) is 0. The molecule has 0 fully saturated rings. The summed E-state index contributed by atoms with van der Waals surface area (Å²) in [5, 5.41) is 9.94. The van der Waals surface area contributed by atoms with Crippen LogP contribution >= 0.6 is 23.2 Å². The van der Waals surface area contributed by atoms with Crippen LogP contribution in [-0.4, -0.2) is 11.1 Å². The topological polar surface area (TPSA) is 50.4 Å². The number of aliphatic carboxylic acids is 1. The minimum Gasteiger partial charge on any atom is -0.481 e. The van der Waals surface area contributed by atoms with Gasteiger partial charge in [-0.2, -0.15) is 0 Å². The van der Waals surface area contributed by atoms with E-state index in [9.17, 15) is 4.79 Å². The van der Waals surface area contributed by atoms with Crippen molar-refractivity contribution >= 4 is 29.2 Å². The standard InChI is InChI=1S/C16H10Cl2O3/c17-13-4-3-9(7-14(13)18)12-6-10(8-15(19)20)16-11(12)2-1-5-21-16/h1-7H,8H2,(H,19,20). The van der Waals surface area contributed by atoms with Gasteiger partial charge in [0.25, 0.3) is 0 Å². The van der Waals surface area contributed by atoms with Crippen LogP contribution in [0.1, 0.15) is 5.56 Å². The maximum atomic E-state index is 11.0. The van der Waals surface area contributed by atoms with Crippen LogP contribution in [0, 0.1) is 0 Å². The van der Waals surface area contributed by atoms with Gasteiger partial charge in [-0.05, 0) is 41.5 Å². The number of halogens is 2. The van der Waals surface area contributed by atoms with Crippen LogP contribution in [0.15, 0.2) is 47.1 Å². The summed E-state index contributed by atoms with van der Waals surface area (Å²) >= 11 is 12.0. The van der Waals surface area contributed by atoms with Crippen LogP contribution in [0.2, 0.25) is 10.0 Å². The average molecular weight is 321 g/mol. The number of carboxylic acids is 1. The fraction of sp³-hybridized carbons (Fsp3) is 0.0625. The molecular formula is C16H10Cl2O3. The summed E-state index contributed by atoms with van der Waals surface area (Å²) < 4.78 is 5.48. The number of carboxylic acid groups (broad SMARTS) is 1. The number of benzene rings is 1. The lowest BCUT2D eigenvalue weighted by Gasteiger charge is -2.05. The van der Waals surface area contributed by atoms with Gasteiger partial charge in [-0.15, -0.1) is 0 Å². The van der Waals surface area contributed by atoms with Gasteiger partial charge in [0.15, 0.2) is 0 Å². The molecule has 0 aromatic heterocycles. The van der Waals surface area contributed by atoms with E-state index in [0.717, 1.165) is 16.7 Å². The molecule has 21 heavy (non-hydrogen) atoms. The average Bonchev–Trinajstić information content (AvgIpc) is 2.80. The summed E-state index contributed by atoms with van der Waals surface area (Å²) in [6, 6.07) is 10.8. The Hall–Kier alpha value is -1.97. The third-order valence-corrected chi connectivity index (χ3v) is 3.98. The Bertz CT molecular complexity index is 792. The summed E-state index contributed by atoms with van der Waals surface area (Å²) in [5.41, 5.74) is 3.24. The molecule has 106 valence electrons.